The highest BCUT2D eigenvalue weighted by Crippen LogP contribution is 2.26. The Balaban J connectivity index is 1.29. The molecule has 7 heteroatoms. The number of nitrogens with one attached hydrogen (secondary N) is 1. The van der Waals surface area contributed by atoms with Crippen LogP contribution in [0.25, 0.3) is 10.1 Å². The zero-order valence-electron chi connectivity index (χ0n) is 15.9. The standard InChI is InChI=1S/C22H21FN4OS/c23-19-5-3-6-20(18(19)14-24)26-10-12-27(13-11-26)22(28)25-9-8-16-15-29-21-7-2-1-4-17(16)21/h1-7,15H,8-13H2,(H,25,28). The van der Waals surface area contributed by atoms with Gasteiger partial charge in [0.15, 0.2) is 0 Å². The van der Waals surface area contributed by atoms with Crippen molar-refractivity contribution in [1.82, 2.24) is 10.2 Å². The number of rotatable bonds is 4. The summed E-state index contributed by atoms with van der Waals surface area (Å²) in [6, 6.07) is 14.8. The van der Waals surface area contributed by atoms with Crippen molar-refractivity contribution >= 4 is 33.1 Å². The summed E-state index contributed by atoms with van der Waals surface area (Å²) in [5.41, 5.74) is 1.91. The van der Waals surface area contributed by atoms with Crippen LogP contribution in [0.4, 0.5) is 14.9 Å². The Bertz CT molecular complexity index is 1070. The summed E-state index contributed by atoms with van der Waals surface area (Å²) in [5.74, 6) is -0.508. The molecule has 1 fully saturated rings. The lowest BCUT2D eigenvalue weighted by Crippen LogP contribution is -2.52. The number of piperazine rings is 1. The first-order chi connectivity index (χ1) is 14.2. The summed E-state index contributed by atoms with van der Waals surface area (Å²) < 4.78 is 15.1. The number of hydrogen-bond acceptors (Lipinski definition) is 4. The summed E-state index contributed by atoms with van der Waals surface area (Å²) in [6.07, 6.45) is 0.796. The van der Waals surface area contributed by atoms with Gasteiger partial charge in [-0.3, -0.25) is 0 Å². The number of carbonyl (C=O) groups is 1. The summed E-state index contributed by atoms with van der Waals surface area (Å²) in [4.78, 5) is 16.2. The van der Waals surface area contributed by atoms with Gasteiger partial charge < -0.3 is 15.1 Å². The second-order valence-electron chi connectivity index (χ2n) is 6.96. The fourth-order valence-corrected chi connectivity index (χ4v) is 4.68. The summed E-state index contributed by atoms with van der Waals surface area (Å²) in [5, 5.41) is 15.6. The van der Waals surface area contributed by atoms with Gasteiger partial charge in [-0.15, -0.1) is 11.3 Å². The van der Waals surface area contributed by atoms with Crippen LogP contribution in [0.1, 0.15) is 11.1 Å². The first-order valence-electron chi connectivity index (χ1n) is 9.59. The van der Waals surface area contributed by atoms with Crippen molar-refractivity contribution in [2.24, 2.45) is 0 Å². The van der Waals surface area contributed by atoms with Gasteiger partial charge in [0.1, 0.15) is 17.4 Å². The topological polar surface area (TPSA) is 59.4 Å². The molecule has 4 rings (SSSR count). The van der Waals surface area contributed by atoms with Crippen LogP contribution in [0, 0.1) is 17.1 Å². The fourth-order valence-electron chi connectivity index (χ4n) is 3.68. The smallest absolute Gasteiger partial charge is 0.317 e. The molecule has 2 amide bonds. The normalized spacial score (nSPS) is 14.1. The number of carbonyl (C=O) groups excluding carboxylic acids is 1. The SMILES string of the molecule is N#Cc1c(F)cccc1N1CCN(C(=O)NCCc2csc3ccccc23)CC1. The minimum Gasteiger partial charge on any atom is -0.367 e. The second-order valence-corrected chi connectivity index (χ2v) is 7.87. The summed E-state index contributed by atoms with van der Waals surface area (Å²) >= 11 is 1.72. The van der Waals surface area contributed by atoms with Crippen LogP contribution in [-0.4, -0.2) is 43.7 Å². The van der Waals surface area contributed by atoms with Crippen molar-refractivity contribution in [3.05, 3.63) is 64.8 Å². The van der Waals surface area contributed by atoms with Crippen LogP contribution in [0.15, 0.2) is 47.8 Å². The number of nitriles is 1. The Labute approximate surface area is 173 Å². The van der Waals surface area contributed by atoms with Crippen LogP contribution in [0.3, 0.4) is 0 Å². The molecule has 29 heavy (non-hydrogen) atoms. The van der Waals surface area contributed by atoms with E-state index in [2.05, 4.69) is 22.8 Å². The predicted octanol–water partition coefficient (Wildman–Crippen LogP) is 3.99. The first-order valence-corrected chi connectivity index (χ1v) is 10.5. The van der Waals surface area contributed by atoms with Crippen molar-refractivity contribution in [2.45, 2.75) is 6.42 Å². The van der Waals surface area contributed by atoms with Gasteiger partial charge in [0.2, 0.25) is 0 Å². The largest absolute Gasteiger partial charge is 0.367 e. The second kappa shape index (κ2) is 8.50. The van der Waals surface area contributed by atoms with E-state index in [4.69, 9.17) is 0 Å². The molecule has 1 aliphatic rings. The Kier molecular flexibility index (Phi) is 5.63. The first kappa shape index (κ1) is 19.2. The molecule has 1 saturated heterocycles. The van der Waals surface area contributed by atoms with Gasteiger partial charge in [-0.1, -0.05) is 24.3 Å². The Morgan fingerprint density at radius 1 is 1.14 bits per heavy atom. The third-order valence-electron chi connectivity index (χ3n) is 5.24. The fraction of sp³-hybridized carbons (Fsp3) is 0.273. The summed E-state index contributed by atoms with van der Waals surface area (Å²) in [7, 11) is 0. The molecule has 0 unspecified atom stereocenters. The van der Waals surface area contributed by atoms with E-state index in [1.165, 1.54) is 21.7 Å². The van der Waals surface area contributed by atoms with E-state index in [0.717, 1.165) is 6.42 Å². The van der Waals surface area contributed by atoms with Gasteiger partial charge in [-0.05, 0) is 40.9 Å². The summed E-state index contributed by atoms with van der Waals surface area (Å²) in [6.45, 7) is 2.80. The number of amides is 2. The Morgan fingerprint density at radius 2 is 1.93 bits per heavy atom. The number of anilines is 1. The van der Waals surface area contributed by atoms with Gasteiger partial charge in [0, 0.05) is 37.4 Å². The molecule has 0 radical (unpaired) electrons. The van der Waals surface area contributed by atoms with E-state index in [0.29, 0.717) is 38.4 Å². The van der Waals surface area contributed by atoms with E-state index in [1.54, 1.807) is 28.4 Å². The van der Waals surface area contributed by atoms with E-state index in [1.807, 2.05) is 23.1 Å². The number of benzene rings is 2. The highest BCUT2D eigenvalue weighted by molar-refractivity contribution is 7.17. The van der Waals surface area contributed by atoms with Crippen LogP contribution in [0.5, 0.6) is 0 Å². The zero-order chi connectivity index (χ0) is 20.2. The molecule has 0 saturated carbocycles. The van der Waals surface area contributed by atoms with Gasteiger partial charge in [0.25, 0.3) is 0 Å². The average molecular weight is 409 g/mol. The molecule has 0 spiro atoms. The van der Waals surface area contributed by atoms with Gasteiger partial charge in [-0.25, -0.2) is 9.18 Å². The molecule has 3 aromatic rings. The van der Waals surface area contributed by atoms with Crippen LogP contribution < -0.4 is 10.2 Å². The predicted molar refractivity (Wildman–Crippen MR) is 114 cm³/mol. The number of urea groups is 1. The molecule has 0 atom stereocenters. The van der Waals surface area contributed by atoms with E-state index in [-0.39, 0.29) is 11.6 Å². The zero-order valence-corrected chi connectivity index (χ0v) is 16.7. The van der Waals surface area contributed by atoms with Crippen LogP contribution >= 0.6 is 11.3 Å². The maximum atomic E-state index is 13.8. The number of halogens is 1. The lowest BCUT2D eigenvalue weighted by molar-refractivity contribution is 0.194. The minimum atomic E-state index is -0.508. The third kappa shape index (κ3) is 4.03. The minimum absolute atomic E-state index is 0.0633. The van der Waals surface area contributed by atoms with Gasteiger partial charge >= 0.3 is 6.03 Å². The molecular weight excluding hydrogens is 387 g/mol. The molecule has 1 aliphatic heterocycles. The maximum absolute atomic E-state index is 13.8. The van der Waals surface area contributed by atoms with Gasteiger partial charge in [-0.2, -0.15) is 5.26 Å². The van der Waals surface area contributed by atoms with Crippen molar-refractivity contribution in [2.75, 3.05) is 37.6 Å². The average Bonchev–Trinajstić information content (AvgIpc) is 3.17. The number of nitrogens with zero attached hydrogens (tertiary/aromatic N) is 3. The Morgan fingerprint density at radius 3 is 2.72 bits per heavy atom. The van der Waals surface area contributed by atoms with Crippen LogP contribution in [0.2, 0.25) is 0 Å². The molecule has 148 valence electrons. The van der Waals surface area contributed by atoms with Crippen molar-refractivity contribution in [1.29, 1.82) is 5.26 Å². The van der Waals surface area contributed by atoms with E-state index >= 15 is 0 Å². The highest BCUT2D eigenvalue weighted by Gasteiger charge is 2.23. The molecule has 2 aromatic carbocycles. The number of fused-ring (bicyclic) bond motifs is 1. The maximum Gasteiger partial charge on any atom is 0.317 e. The highest BCUT2D eigenvalue weighted by atomic mass is 32.1. The van der Waals surface area contributed by atoms with Crippen molar-refractivity contribution in [3.8, 4) is 6.07 Å². The van der Waals surface area contributed by atoms with E-state index < -0.39 is 5.82 Å². The lowest BCUT2D eigenvalue weighted by Gasteiger charge is -2.36. The Hall–Kier alpha value is -3.11. The molecule has 2 heterocycles. The molecular formula is C22H21FN4OS. The molecule has 1 aromatic heterocycles. The molecule has 5 nitrogen and oxygen atoms in total. The van der Waals surface area contributed by atoms with Crippen LogP contribution in [-0.2, 0) is 6.42 Å². The lowest BCUT2D eigenvalue weighted by atomic mass is 10.1. The van der Waals surface area contributed by atoms with Crippen molar-refractivity contribution < 1.29 is 9.18 Å². The van der Waals surface area contributed by atoms with Gasteiger partial charge in [0.05, 0.1) is 5.69 Å². The number of hydrogen-bond donors (Lipinski definition) is 1. The quantitative estimate of drug-likeness (QED) is 0.710. The third-order valence-corrected chi connectivity index (χ3v) is 6.26. The molecule has 0 aliphatic carbocycles. The van der Waals surface area contributed by atoms with Crippen molar-refractivity contribution in [3.63, 3.8) is 0 Å². The molecule has 0 bridgehead atoms. The monoisotopic (exact) mass is 408 g/mol. The molecule has 1 N–H and O–H groups in total. The van der Waals surface area contributed by atoms with E-state index in [9.17, 15) is 14.4 Å². The number of thiophene rings is 1.